The molecule has 2 heterocycles. The molecule has 0 atom stereocenters. The van der Waals surface area contributed by atoms with E-state index < -0.39 is 0 Å². The number of hydrogen-bond acceptors (Lipinski definition) is 5. The summed E-state index contributed by atoms with van der Waals surface area (Å²) in [4.78, 5) is 40.8. The van der Waals surface area contributed by atoms with Gasteiger partial charge in [-0.25, -0.2) is 0 Å². The lowest BCUT2D eigenvalue weighted by molar-refractivity contribution is 0.0759. The van der Waals surface area contributed by atoms with Crippen LogP contribution in [-0.2, 0) is 19.5 Å². The van der Waals surface area contributed by atoms with E-state index in [1.54, 1.807) is 40.8 Å². The Morgan fingerprint density at radius 2 is 1.77 bits per heavy atom. The molecule has 0 bridgehead atoms. The van der Waals surface area contributed by atoms with Gasteiger partial charge in [0.2, 0.25) is 0 Å². The van der Waals surface area contributed by atoms with Crippen LogP contribution >= 0.6 is 11.6 Å². The number of pyridine rings is 1. The van der Waals surface area contributed by atoms with Gasteiger partial charge in [-0.15, -0.1) is 0 Å². The van der Waals surface area contributed by atoms with Crippen LogP contribution < -0.4 is 20.3 Å². The molecule has 0 saturated carbocycles. The molecule has 1 aliphatic heterocycles. The number of benzene rings is 2. The number of methoxy groups -OCH3 is 2. The molecule has 9 heteroatoms. The monoisotopic (exact) mass is 495 g/mol. The number of carbonyl (C=O) groups is 2. The first-order valence-electron chi connectivity index (χ1n) is 11.2. The fraction of sp³-hybridized carbons (Fsp3) is 0.269. The summed E-state index contributed by atoms with van der Waals surface area (Å²) in [5.41, 5.74) is 1.95. The summed E-state index contributed by atoms with van der Waals surface area (Å²) < 4.78 is 12.1. The first-order chi connectivity index (χ1) is 16.9. The number of nitrogens with one attached hydrogen (secondary N) is 1. The van der Waals surface area contributed by atoms with Gasteiger partial charge in [-0.1, -0.05) is 29.8 Å². The highest BCUT2D eigenvalue weighted by atomic mass is 35.5. The second-order valence-corrected chi connectivity index (χ2v) is 8.54. The van der Waals surface area contributed by atoms with Gasteiger partial charge in [0.25, 0.3) is 17.4 Å². The SMILES string of the molecule is COc1ccc(CNC(=O)c2c(OC)cc(=O)n3c2CCN(C(=O)c2cccc(Cl)c2)CC3)cc1. The van der Waals surface area contributed by atoms with Gasteiger partial charge in [-0.05, 0) is 35.9 Å². The van der Waals surface area contributed by atoms with Crippen LogP contribution in [0.2, 0.25) is 5.02 Å². The van der Waals surface area contributed by atoms with E-state index >= 15 is 0 Å². The summed E-state index contributed by atoms with van der Waals surface area (Å²) >= 11 is 6.05. The maximum absolute atomic E-state index is 13.3. The lowest BCUT2D eigenvalue weighted by Gasteiger charge is -2.20. The van der Waals surface area contributed by atoms with E-state index in [9.17, 15) is 14.4 Å². The Bertz CT molecular complexity index is 1300. The van der Waals surface area contributed by atoms with Crippen molar-refractivity contribution in [1.82, 2.24) is 14.8 Å². The number of amides is 2. The van der Waals surface area contributed by atoms with Crippen LogP contribution in [-0.4, -0.2) is 48.6 Å². The molecular formula is C26H26ClN3O5. The van der Waals surface area contributed by atoms with Crippen LogP contribution in [0.1, 0.15) is 32.0 Å². The predicted octanol–water partition coefficient (Wildman–Crippen LogP) is 3.15. The van der Waals surface area contributed by atoms with Crippen LogP contribution in [0.3, 0.4) is 0 Å². The summed E-state index contributed by atoms with van der Waals surface area (Å²) in [5.74, 6) is 0.413. The number of halogens is 1. The number of ether oxygens (including phenoxy) is 2. The second-order valence-electron chi connectivity index (χ2n) is 8.11. The van der Waals surface area contributed by atoms with E-state index in [2.05, 4.69) is 5.32 Å². The molecule has 4 rings (SSSR count). The summed E-state index contributed by atoms with van der Waals surface area (Å²) in [5, 5.41) is 3.39. The standard InChI is InChI=1S/C26H26ClN3O5/c1-34-20-8-6-17(7-9-20)16-28-25(32)24-21-10-11-29(26(33)18-4-3-5-19(27)14-18)12-13-30(21)23(31)15-22(24)35-2/h3-9,14-15H,10-13,16H2,1-2H3,(H,28,32). The van der Waals surface area contributed by atoms with Crippen molar-refractivity contribution in [2.75, 3.05) is 27.3 Å². The minimum absolute atomic E-state index is 0.175. The first kappa shape index (κ1) is 24.3. The predicted molar refractivity (Wildman–Crippen MR) is 132 cm³/mol. The molecule has 0 spiro atoms. The third kappa shape index (κ3) is 5.33. The van der Waals surface area contributed by atoms with Crippen molar-refractivity contribution in [3.63, 3.8) is 0 Å². The molecule has 0 aliphatic carbocycles. The Hall–Kier alpha value is -3.78. The Morgan fingerprint density at radius 1 is 1.00 bits per heavy atom. The zero-order chi connectivity index (χ0) is 24.9. The van der Waals surface area contributed by atoms with E-state index in [0.717, 1.165) is 11.3 Å². The normalized spacial score (nSPS) is 12.9. The van der Waals surface area contributed by atoms with E-state index in [0.29, 0.717) is 47.9 Å². The Balaban J connectivity index is 1.58. The Labute approximate surface area is 208 Å². The van der Waals surface area contributed by atoms with Crippen molar-refractivity contribution in [3.05, 3.63) is 92.4 Å². The average molecular weight is 496 g/mol. The molecule has 182 valence electrons. The van der Waals surface area contributed by atoms with Gasteiger partial charge in [-0.2, -0.15) is 0 Å². The highest BCUT2D eigenvalue weighted by molar-refractivity contribution is 6.30. The van der Waals surface area contributed by atoms with Crippen LogP contribution in [0, 0.1) is 0 Å². The van der Waals surface area contributed by atoms with E-state index in [1.807, 2.05) is 24.3 Å². The maximum Gasteiger partial charge on any atom is 0.257 e. The van der Waals surface area contributed by atoms with Crippen molar-refractivity contribution in [2.24, 2.45) is 0 Å². The molecule has 2 aromatic carbocycles. The van der Waals surface area contributed by atoms with Gasteiger partial charge in [-0.3, -0.25) is 14.4 Å². The fourth-order valence-electron chi connectivity index (χ4n) is 4.18. The van der Waals surface area contributed by atoms with Crippen molar-refractivity contribution in [1.29, 1.82) is 0 Å². The molecule has 1 aromatic heterocycles. The maximum atomic E-state index is 13.3. The van der Waals surface area contributed by atoms with Crippen LogP contribution in [0.4, 0.5) is 0 Å². The van der Waals surface area contributed by atoms with E-state index in [1.165, 1.54) is 13.2 Å². The summed E-state index contributed by atoms with van der Waals surface area (Å²) in [7, 11) is 3.02. The van der Waals surface area contributed by atoms with Crippen molar-refractivity contribution >= 4 is 23.4 Å². The van der Waals surface area contributed by atoms with Crippen LogP contribution in [0.25, 0.3) is 0 Å². The number of carbonyl (C=O) groups excluding carboxylic acids is 2. The molecule has 8 nitrogen and oxygen atoms in total. The molecule has 35 heavy (non-hydrogen) atoms. The van der Waals surface area contributed by atoms with Gasteiger partial charge in [0.15, 0.2) is 0 Å². The molecule has 0 saturated heterocycles. The smallest absolute Gasteiger partial charge is 0.257 e. The zero-order valence-corrected chi connectivity index (χ0v) is 20.3. The van der Waals surface area contributed by atoms with Crippen molar-refractivity contribution in [2.45, 2.75) is 19.5 Å². The minimum atomic E-state index is -0.351. The number of fused-ring (bicyclic) bond motifs is 1. The van der Waals surface area contributed by atoms with Gasteiger partial charge in [0.05, 0.1) is 14.2 Å². The highest BCUT2D eigenvalue weighted by Gasteiger charge is 2.27. The zero-order valence-electron chi connectivity index (χ0n) is 19.5. The molecule has 0 unspecified atom stereocenters. The summed E-state index contributed by atoms with van der Waals surface area (Å²) in [6.45, 7) is 1.24. The largest absolute Gasteiger partial charge is 0.497 e. The van der Waals surface area contributed by atoms with Crippen molar-refractivity contribution < 1.29 is 19.1 Å². The van der Waals surface area contributed by atoms with Crippen LogP contribution in [0.15, 0.2) is 59.4 Å². The minimum Gasteiger partial charge on any atom is -0.497 e. The third-order valence-corrected chi connectivity index (χ3v) is 6.25. The second kappa shape index (κ2) is 10.7. The molecule has 3 aromatic rings. The number of hydrogen-bond donors (Lipinski definition) is 1. The van der Waals surface area contributed by atoms with Gasteiger partial charge in [0.1, 0.15) is 17.1 Å². The lowest BCUT2D eigenvalue weighted by atomic mass is 10.1. The number of nitrogens with zero attached hydrogens (tertiary/aromatic N) is 2. The summed E-state index contributed by atoms with van der Waals surface area (Å²) in [6.07, 6.45) is 0.323. The quantitative estimate of drug-likeness (QED) is 0.567. The van der Waals surface area contributed by atoms with Crippen LogP contribution in [0.5, 0.6) is 11.5 Å². The first-order valence-corrected chi connectivity index (χ1v) is 11.6. The number of aromatic nitrogens is 1. The average Bonchev–Trinajstić information content (AvgIpc) is 3.10. The highest BCUT2D eigenvalue weighted by Crippen LogP contribution is 2.24. The topological polar surface area (TPSA) is 89.9 Å². The van der Waals surface area contributed by atoms with E-state index in [4.69, 9.17) is 21.1 Å². The molecule has 0 fully saturated rings. The molecule has 0 radical (unpaired) electrons. The molecule has 1 N–H and O–H groups in total. The molecular weight excluding hydrogens is 470 g/mol. The Morgan fingerprint density at radius 3 is 2.46 bits per heavy atom. The van der Waals surface area contributed by atoms with Gasteiger partial charge >= 0.3 is 0 Å². The lowest BCUT2D eigenvalue weighted by Crippen LogP contribution is -2.34. The third-order valence-electron chi connectivity index (χ3n) is 6.01. The van der Waals surface area contributed by atoms with E-state index in [-0.39, 0.29) is 29.7 Å². The molecule has 1 aliphatic rings. The fourth-order valence-corrected chi connectivity index (χ4v) is 4.37. The number of rotatable bonds is 6. The summed E-state index contributed by atoms with van der Waals surface area (Å²) in [6, 6.07) is 15.5. The Kier molecular flexibility index (Phi) is 7.41. The van der Waals surface area contributed by atoms with Gasteiger partial charge in [0, 0.05) is 54.9 Å². The van der Waals surface area contributed by atoms with Crippen molar-refractivity contribution in [3.8, 4) is 11.5 Å². The molecule has 2 amide bonds. The van der Waals surface area contributed by atoms with Gasteiger partial charge < -0.3 is 24.3 Å².